The summed E-state index contributed by atoms with van der Waals surface area (Å²) in [4.78, 5) is 14.2. The first-order valence-electron chi connectivity index (χ1n) is 3.88. The second kappa shape index (κ2) is 3.89. The molecule has 1 N–H and O–H groups in total. The first kappa shape index (κ1) is 9.51. The van der Waals surface area contributed by atoms with Gasteiger partial charge < -0.3 is 9.84 Å². The Bertz CT molecular complexity index is 302. The first-order chi connectivity index (χ1) is 6.11. The van der Waals surface area contributed by atoms with Crippen molar-refractivity contribution in [2.75, 3.05) is 6.61 Å². The molecule has 0 bridgehead atoms. The van der Waals surface area contributed by atoms with Gasteiger partial charge in [0.15, 0.2) is 6.61 Å². The molecule has 0 fully saturated rings. The number of aliphatic carboxylic acids is 1. The standard InChI is InChI=1S/C9H11NO3/c1-6-3-4-10-7(2)9(6)13-5-8(11)12/h3-4H,5H2,1-2H3,(H,11,12). The fourth-order valence-electron chi connectivity index (χ4n) is 1.03. The van der Waals surface area contributed by atoms with E-state index >= 15 is 0 Å². The van der Waals surface area contributed by atoms with Crippen LogP contribution in [0.5, 0.6) is 5.75 Å². The van der Waals surface area contributed by atoms with E-state index in [0.29, 0.717) is 11.4 Å². The Kier molecular flexibility index (Phi) is 2.84. The van der Waals surface area contributed by atoms with Gasteiger partial charge in [0.2, 0.25) is 0 Å². The van der Waals surface area contributed by atoms with Crippen molar-refractivity contribution in [3.8, 4) is 5.75 Å². The summed E-state index contributed by atoms with van der Waals surface area (Å²) in [7, 11) is 0. The van der Waals surface area contributed by atoms with Crippen molar-refractivity contribution in [1.82, 2.24) is 4.98 Å². The van der Waals surface area contributed by atoms with Gasteiger partial charge in [-0.05, 0) is 25.5 Å². The fraction of sp³-hybridized carbons (Fsp3) is 0.333. The van der Waals surface area contributed by atoms with Crippen LogP contribution in [0.1, 0.15) is 11.3 Å². The van der Waals surface area contributed by atoms with E-state index in [4.69, 9.17) is 9.84 Å². The highest BCUT2D eigenvalue weighted by atomic mass is 16.5. The minimum absolute atomic E-state index is 0.326. The number of ether oxygens (including phenoxy) is 1. The summed E-state index contributed by atoms with van der Waals surface area (Å²) in [5, 5.41) is 8.41. The Balaban J connectivity index is 2.81. The van der Waals surface area contributed by atoms with E-state index in [1.165, 1.54) is 0 Å². The third-order valence-corrected chi connectivity index (χ3v) is 1.62. The van der Waals surface area contributed by atoms with E-state index in [1.807, 2.05) is 6.92 Å². The normalized spacial score (nSPS) is 9.69. The molecule has 0 aromatic carbocycles. The summed E-state index contributed by atoms with van der Waals surface area (Å²) in [6.07, 6.45) is 1.66. The van der Waals surface area contributed by atoms with Crippen LogP contribution >= 0.6 is 0 Å². The quantitative estimate of drug-likeness (QED) is 0.760. The summed E-state index contributed by atoms with van der Waals surface area (Å²) in [5.74, 6) is -0.424. The lowest BCUT2D eigenvalue weighted by Gasteiger charge is -2.08. The average Bonchev–Trinajstić information content (AvgIpc) is 2.03. The molecule has 1 rings (SSSR count). The van der Waals surface area contributed by atoms with E-state index in [-0.39, 0.29) is 6.61 Å². The van der Waals surface area contributed by atoms with Crippen LogP contribution in [-0.2, 0) is 4.79 Å². The predicted molar refractivity (Wildman–Crippen MR) is 46.8 cm³/mol. The van der Waals surface area contributed by atoms with E-state index in [1.54, 1.807) is 19.2 Å². The summed E-state index contributed by atoms with van der Waals surface area (Å²) in [6.45, 7) is 3.31. The minimum atomic E-state index is -0.984. The number of aryl methyl sites for hydroxylation is 2. The molecule has 0 aliphatic carbocycles. The van der Waals surface area contributed by atoms with Crippen molar-refractivity contribution in [2.45, 2.75) is 13.8 Å². The van der Waals surface area contributed by atoms with E-state index < -0.39 is 5.97 Å². The van der Waals surface area contributed by atoms with Gasteiger partial charge in [-0.15, -0.1) is 0 Å². The van der Waals surface area contributed by atoms with E-state index in [0.717, 1.165) is 5.56 Å². The molecule has 0 radical (unpaired) electrons. The molecule has 0 unspecified atom stereocenters. The fourth-order valence-corrected chi connectivity index (χ4v) is 1.03. The Morgan fingerprint density at radius 3 is 2.85 bits per heavy atom. The molecule has 13 heavy (non-hydrogen) atoms. The monoisotopic (exact) mass is 181 g/mol. The van der Waals surface area contributed by atoms with Gasteiger partial charge in [0.1, 0.15) is 5.75 Å². The van der Waals surface area contributed by atoms with Crippen LogP contribution in [0.2, 0.25) is 0 Å². The Morgan fingerprint density at radius 1 is 1.62 bits per heavy atom. The number of hydrogen-bond acceptors (Lipinski definition) is 3. The van der Waals surface area contributed by atoms with Crippen molar-refractivity contribution in [2.24, 2.45) is 0 Å². The zero-order valence-corrected chi connectivity index (χ0v) is 7.57. The lowest BCUT2D eigenvalue weighted by Crippen LogP contribution is -2.11. The Hall–Kier alpha value is -1.58. The number of pyridine rings is 1. The lowest BCUT2D eigenvalue weighted by molar-refractivity contribution is -0.139. The zero-order chi connectivity index (χ0) is 9.84. The lowest BCUT2D eigenvalue weighted by atomic mass is 10.2. The maximum Gasteiger partial charge on any atom is 0.341 e. The molecular weight excluding hydrogens is 170 g/mol. The van der Waals surface area contributed by atoms with Gasteiger partial charge in [0.05, 0.1) is 5.69 Å². The molecule has 4 nitrogen and oxygen atoms in total. The molecule has 1 aromatic heterocycles. The highest BCUT2D eigenvalue weighted by Gasteiger charge is 2.05. The van der Waals surface area contributed by atoms with Crippen molar-refractivity contribution in [1.29, 1.82) is 0 Å². The highest BCUT2D eigenvalue weighted by Crippen LogP contribution is 2.19. The van der Waals surface area contributed by atoms with Crippen LogP contribution in [0.3, 0.4) is 0 Å². The number of carboxylic acid groups (broad SMARTS) is 1. The smallest absolute Gasteiger partial charge is 0.341 e. The van der Waals surface area contributed by atoms with Crippen LogP contribution in [0.25, 0.3) is 0 Å². The summed E-state index contributed by atoms with van der Waals surface area (Å²) < 4.78 is 5.07. The Morgan fingerprint density at radius 2 is 2.31 bits per heavy atom. The molecule has 0 spiro atoms. The molecular formula is C9H11NO3. The maximum absolute atomic E-state index is 10.2. The number of aromatic nitrogens is 1. The topological polar surface area (TPSA) is 59.4 Å². The number of nitrogens with zero attached hydrogens (tertiary/aromatic N) is 1. The molecule has 1 heterocycles. The molecule has 0 aliphatic heterocycles. The van der Waals surface area contributed by atoms with Crippen LogP contribution in [-0.4, -0.2) is 22.7 Å². The Labute approximate surface area is 76.2 Å². The van der Waals surface area contributed by atoms with Crippen molar-refractivity contribution in [3.05, 3.63) is 23.5 Å². The maximum atomic E-state index is 10.2. The summed E-state index contributed by atoms with van der Waals surface area (Å²) in [6, 6.07) is 1.78. The van der Waals surface area contributed by atoms with Crippen molar-refractivity contribution in [3.63, 3.8) is 0 Å². The number of rotatable bonds is 3. The van der Waals surface area contributed by atoms with E-state index in [9.17, 15) is 4.79 Å². The van der Waals surface area contributed by atoms with E-state index in [2.05, 4.69) is 4.98 Å². The van der Waals surface area contributed by atoms with Gasteiger partial charge in [0, 0.05) is 6.20 Å². The zero-order valence-electron chi connectivity index (χ0n) is 7.57. The van der Waals surface area contributed by atoms with Gasteiger partial charge in [-0.25, -0.2) is 4.79 Å². The largest absolute Gasteiger partial charge is 0.480 e. The van der Waals surface area contributed by atoms with Crippen LogP contribution in [0.4, 0.5) is 0 Å². The van der Waals surface area contributed by atoms with Crippen LogP contribution < -0.4 is 4.74 Å². The van der Waals surface area contributed by atoms with Crippen molar-refractivity contribution >= 4 is 5.97 Å². The van der Waals surface area contributed by atoms with Gasteiger partial charge in [-0.1, -0.05) is 0 Å². The van der Waals surface area contributed by atoms with Crippen LogP contribution in [0.15, 0.2) is 12.3 Å². The molecule has 0 saturated heterocycles. The third-order valence-electron chi connectivity index (χ3n) is 1.62. The number of carboxylic acids is 1. The molecule has 70 valence electrons. The molecule has 0 amide bonds. The first-order valence-corrected chi connectivity index (χ1v) is 3.88. The van der Waals surface area contributed by atoms with Crippen molar-refractivity contribution < 1.29 is 14.6 Å². The molecule has 0 saturated carbocycles. The highest BCUT2D eigenvalue weighted by molar-refractivity contribution is 5.68. The summed E-state index contributed by atoms with van der Waals surface area (Å²) >= 11 is 0. The molecule has 0 aliphatic rings. The second-order valence-corrected chi connectivity index (χ2v) is 2.72. The minimum Gasteiger partial charge on any atom is -0.480 e. The third kappa shape index (κ3) is 2.43. The van der Waals surface area contributed by atoms with Gasteiger partial charge in [-0.3, -0.25) is 4.98 Å². The second-order valence-electron chi connectivity index (χ2n) is 2.72. The van der Waals surface area contributed by atoms with Gasteiger partial charge in [0.25, 0.3) is 0 Å². The number of carbonyl (C=O) groups is 1. The predicted octanol–water partition coefficient (Wildman–Crippen LogP) is 1.16. The molecule has 4 heteroatoms. The SMILES string of the molecule is Cc1ccnc(C)c1OCC(=O)O. The molecule has 1 aromatic rings. The van der Waals surface area contributed by atoms with Gasteiger partial charge >= 0.3 is 5.97 Å². The molecule has 0 atom stereocenters. The van der Waals surface area contributed by atoms with Crippen LogP contribution in [0, 0.1) is 13.8 Å². The average molecular weight is 181 g/mol. The summed E-state index contributed by atoms with van der Waals surface area (Å²) in [5.41, 5.74) is 1.61. The van der Waals surface area contributed by atoms with Gasteiger partial charge in [-0.2, -0.15) is 0 Å². The number of hydrogen-bond donors (Lipinski definition) is 1.